The first-order valence-electron chi connectivity index (χ1n) is 11.8. The fourth-order valence-corrected chi connectivity index (χ4v) is 5.96. The van der Waals surface area contributed by atoms with Gasteiger partial charge >= 0.3 is 6.18 Å². The number of pyridine rings is 1. The summed E-state index contributed by atoms with van der Waals surface area (Å²) in [7, 11) is 0. The van der Waals surface area contributed by atoms with Gasteiger partial charge in [-0.05, 0) is 50.7 Å². The van der Waals surface area contributed by atoms with Gasteiger partial charge in [0, 0.05) is 24.2 Å². The molecule has 4 heterocycles. The fraction of sp³-hybridized carbons (Fsp3) is 0.542. The van der Waals surface area contributed by atoms with Crippen LogP contribution in [-0.2, 0) is 10.2 Å². The third-order valence-electron chi connectivity index (χ3n) is 7.86. The molecule has 1 saturated heterocycles. The van der Waals surface area contributed by atoms with E-state index in [1.807, 2.05) is 18.7 Å². The van der Waals surface area contributed by atoms with Crippen molar-refractivity contribution in [3.05, 3.63) is 51.3 Å². The second-order valence-corrected chi connectivity index (χ2v) is 10.0. The Kier molecular flexibility index (Phi) is 4.93. The minimum atomic E-state index is -4.21. The number of hydrogen-bond donors (Lipinski definition) is 1. The number of fused-ring (bicyclic) bond motifs is 2. The van der Waals surface area contributed by atoms with Crippen LogP contribution in [-0.4, -0.2) is 50.8 Å². The average Bonchev–Trinajstić information content (AvgIpc) is 3.38. The number of aromatic amines is 1. The molecule has 1 N–H and O–H groups in total. The molecule has 3 aromatic rings. The molecule has 0 amide bonds. The van der Waals surface area contributed by atoms with Gasteiger partial charge in [-0.15, -0.1) is 0 Å². The smallest absolute Gasteiger partial charge is 0.370 e. The lowest BCUT2D eigenvalue weighted by atomic mass is 9.67. The average molecular weight is 486 g/mol. The van der Waals surface area contributed by atoms with Crippen molar-refractivity contribution in [2.45, 2.75) is 50.8 Å². The van der Waals surface area contributed by atoms with Gasteiger partial charge in [0.05, 0.1) is 36.2 Å². The number of anilines is 1. The van der Waals surface area contributed by atoms with E-state index in [1.165, 1.54) is 6.07 Å². The summed E-state index contributed by atoms with van der Waals surface area (Å²) in [6.45, 7) is 5.00. The fourth-order valence-electron chi connectivity index (χ4n) is 5.96. The highest BCUT2D eigenvalue weighted by atomic mass is 19.4. The van der Waals surface area contributed by atoms with Crippen molar-refractivity contribution in [2.75, 3.05) is 24.6 Å². The van der Waals surface area contributed by atoms with E-state index in [2.05, 4.69) is 15.0 Å². The van der Waals surface area contributed by atoms with Crippen LogP contribution in [0, 0.1) is 25.7 Å². The molecule has 3 aromatic heterocycles. The van der Waals surface area contributed by atoms with E-state index >= 15 is 0 Å². The zero-order chi connectivity index (χ0) is 24.5. The van der Waals surface area contributed by atoms with Gasteiger partial charge in [-0.1, -0.05) is 0 Å². The van der Waals surface area contributed by atoms with Gasteiger partial charge in [0.1, 0.15) is 11.6 Å². The van der Waals surface area contributed by atoms with Crippen LogP contribution in [0.2, 0.25) is 0 Å². The summed E-state index contributed by atoms with van der Waals surface area (Å²) >= 11 is 0. The largest absolute Gasteiger partial charge is 0.392 e. The minimum Gasteiger partial charge on any atom is -0.370 e. The molecular weight excluding hydrogens is 461 g/mol. The predicted octanol–water partition coefficient (Wildman–Crippen LogP) is 3.53. The minimum absolute atomic E-state index is 0.0276. The van der Waals surface area contributed by atoms with E-state index in [4.69, 9.17) is 14.7 Å². The number of morpholine rings is 1. The lowest BCUT2D eigenvalue weighted by molar-refractivity contribution is -0.180. The molecule has 0 spiro atoms. The molecule has 4 aliphatic rings. The van der Waals surface area contributed by atoms with Gasteiger partial charge in [0.2, 0.25) is 11.5 Å². The molecule has 2 atom stereocenters. The Balaban J connectivity index is 1.41. The zero-order valence-corrected chi connectivity index (χ0v) is 19.4. The van der Waals surface area contributed by atoms with Gasteiger partial charge in [-0.25, -0.2) is 15.0 Å². The van der Waals surface area contributed by atoms with Crippen molar-refractivity contribution in [1.82, 2.24) is 24.9 Å². The number of rotatable bonds is 3. The van der Waals surface area contributed by atoms with Gasteiger partial charge in [0.25, 0.3) is 0 Å². The number of H-pyrrole nitrogens is 1. The number of alkyl halides is 3. The Morgan fingerprint density at radius 1 is 1.11 bits per heavy atom. The van der Waals surface area contributed by atoms with Crippen LogP contribution < -0.4 is 10.5 Å². The van der Waals surface area contributed by atoms with Gasteiger partial charge < -0.3 is 14.6 Å². The molecular formula is C24H25F3N6O2. The maximum Gasteiger partial charge on any atom is 0.392 e. The van der Waals surface area contributed by atoms with E-state index in [-0.39, 0.29) is 24.0 Å². The van der Waals surface area contributed by atoms with E-state index in [0.29, 0.717) is 61.0 Å². The molecule has 0 aromatic carbocycles. The molecule has 1 aliphatic heterocycles. The predicted molar refractivity (Wildman–Crippen MR) is 121 cm³/mol. The number of ether oxygens (including phenoxy) is 1. The van der Waals surface area contributed by atoms with Crippen molar-refractivity contribution >= 4 is 17.1 Å². The van der Waals surface area contributed by atoms with Crippen LogP contribution in [0.5, 0.6) is 0 Å². The maximum absolute atomic E-state index is 13.6. The molecule has 3 aliphatic carbocycles. The molecule has 8 nitrogen and oxygen atoms in total. The molecule has 184 valence electrons. The first-order chi connectivity index (χ1) is 16.6. The Morgan fingerprint density at radius 2 is 1.89 bits per heavy atom. The third kappa shape index (κ3) is 3.67. The highest BCUT2D eigenvalue weighted by Crippen LogP contribution is 2.66. The zero-order valence-electron chi connectivity index (χ0n) is 19.4. The van der Waals surface area contributed by atoms with Crippen LogP contribution in [0.25, 0.3) is 11.2 Å². The maximum atomic E-state index is 13.6. The van der Waals surface area contributed by atoms with E-state index in [1.54, 1.807) is 12.3 Å². The van der Waals surface area contributed by atoms with Crippen LogP contribution >= 0.6 is 0 Å². The SMILES string of the molecule is Cc1nc2nc(N3CCO[C@@H](c4cc[nH]c(=O)c4)C3)nc(C34CC(C3)C(C(F)(F)F)C4)c2nc1C. The number of aryl methyl sites for hydroxylation is 2. The quantitative estimate of drug-likeness (QED) is 0.605. The first kappa shape index (κ1) is 22.4. The Labute approximate surface area is 199 Å². The van der Waals surface area contributed by atoms with Crippen molar-refractivity contribution in [3.8, 4) is 0 Å². The third-order valence-corrected chi connectivity index (χ3v) is 7.86. The van der Waals surface area contributed by atoms with Crippen LogP contribution in [0.4, 0.5) is 19.1 Å². The van der Waals surface area contributed by atoms with Crippen LogP contribution in [0.1, 0.15) is 48.0 Å². The summed E-state index contributed by atoms with van der Waals surface area (Å²) in [4.78, 5) is 35.2. The van der Waals surface area contributed by atoms with Gasteiger partial charge in [-0.3, -0.25) is 4.79 Å². The van der Waals surface area contributed by atoms with Crippen molar-refractivity contribution in [3.63, 3.8) is 0 Å². The molecule has 35 heavy (non-hydrogen) atoms. The molecule has 1 unspecified atom stereocenters. The summed E-state index contributed by atoms with van der Waals surface area (Å²) < 4.78 is 46.8. The number of hydrogen-bond acceptors (Lipinski definition) is 7. The highest BCUT2D eigenvalue weighted by Gasteiger charge is 2.65. The lowest BCUT2D eigenvalue weighted by Gasteiger charge is -2.39. The summed E-state index contributed by atoms with van der Waals surface area (Å²) in [5.41, 5.74) is 2.79. The first-order valence-corrected chi connectivity index (χ1v) is 11.8. The van der Waals surface area contributed by atoms with Crippen LogP contribution in [0.3, 0.4) is 0 Å². The normalized spacial score (nSPS) is 28.4. The van der Waals surface area contributed by atoms with E-state index in [9.17, 15) is 18.0 Å². The van der Waals surface area contributed by atoms with Crippen molar-refractivity contribution < 1.29 is 17.9 Å². The molecule has 4 fully saturated rings. The number of nitrogens with zero attached hydrogens (tertiary/aromatic N) is 5. The monoisotopic (exact) mass is 486 g/mol. The second kappa shape index (κ2) is 7.71. The van der Waals surface area contributed by atoms with E-state index in [0.717, 1.165) is 11.3 Å². The molecule has 7 rings (SSSR count). The molecule has 2 bridgehead atoms. The standard InChI is InChI=1S/C24H25F3N6O2/c1-12-13(2)30-21-19(29-12)20(23-8-15(9-23)16(10-23)24(25,26)27)31-22(32-21)33-5-6-35-17(11-33)14-3-4-28-18(34)7-14/h3-4,7,15-17H,5-6,8-11H2,1-2H3,(H,28,34)/t15?,16?,17-,23?/m1/s1. The molecule has 0 radical (unpaired) electrons. The van der Waals surface area contributed by atoms with Crippen LogP contribution in [0.15, 0.2) is 23.1 Å². The van der Waals surface area contributed by atoms with Gasteiger partial charge in [-0.2, -0.15) is 18.2 Å². The molecule has 11 heteroatoms. The summed E-state index contributed by atoms with van der Waals surface area (Å²) in [5.74, 6) is -1.26. The number of aromatic nitrogens is 5. The molecule has 3 saturated carbocycles. The van der Waals surface area contributed by atoms with Crippen molar-refractivity contribution in [1.29, 1.82) is 0 Å². The van der Waals surface area contributed by atoms with Crippen molar-refractivity contribution in [2.24, 2.45) is 11.8 Å². The Bertz CT molecular complexity index is 1370. The Hall–Kier alpha value is -3.08. The van der Waals surface area contributed by atoms with E-state index < -0.39 is 17.5 Å². The highest BCUT2D eigenvalue weighted by molar-refractivity contribution is 5.76. The second-order valence-electron chi connectivity index (χ2n) is 10.0. The lowest BCUT2D eigenvalue weighted by Crippen LogP contribution is -2.41. The summed E-state index contributed by atoms with van der Waals surface area (Å²) in [6, 6.07) is 3.30. The number of halogens is 3. The van der Waals surface area contributed by atoms with Gasteiger partial charge in [0.15, 0.2) is 5.65 Å². The topological polar surface area (TPSA) is 96.9 Å². The summed E-state index contributed by atoms with van der Waals surface area (Å²) in [5, 5.41) is 0. The summed E-state index contributed by atoms with van der Waals surface area (Å²) in [6.07, 6.45) is -2.05. The Morgan fingerprint density at radius 3 is 2.60 bits per heavy atom. The number of nitrogens with one attached hydrogen (secondary N) is 1.